The summed E-state index contributed by atoms with van der Waals surface area (Å²) in [5.41, 5.74) is 2.09. The number of hydrogen-bond acceptors (Lipinski definition) is 4. The van der Waals surface area contributed by atoms with E-state index in [1.807, 2.05) is 12.1 Å². The zero-order valence-corrected chi connectivity index (χ0v) is 15.8. The van der Waals surface area contributed by atoms with E-state index in [2.05, 4.69) is 27.2 Å². The first-order chi connectivity index (χ1) is 12.8. The summed E-state index contributed by atoms with van der Waals surface area (Å²) in [6.45, 7) is 3.30. The molecule has 0 bridgehead atoms. The van der Waals surface area contributed by atoms with Gasteiger partial charge in [0.2, 0.25) is 5.91 Å². The monoisotopic (exact) mass is 359 g/mol. The second kappa shape index (κ2) is 9.93. The van der Waals surface area contributed by atoms with Gasteiger partial charge >= 0.3 is 0 Å². The molecule has 1 aromatic carbocycles. The molecular weight excluding hydrogens is 326 g/mol. The van der Waals surface area contributed by atoms with E-state index < -0.39 is 0 Å². The van der Waals surface area contributed by atoms with Crippen LogP contribution in [0.1, 0.15) is 51.4 Å². The minimum absolute atomic E-state index is 0.00902. The van der Waals surface area contributed by atoms with Gasteiger partial charge in [0.05, 0.1) is 13.2 Å². The number of hydrogen-bond donors (Lipinski definition) is 2. The number of carbonyl (C=O) groups excluding carboxylic acids is 1. The number of amides is 1. The number of nitrogens with zero attached hydrogens (tertiary/aromatic N) is 2. The molecule has 1 saturated carbocycles. The van der Waals surface area contributed by atoms with E-state index >= 15 is 0 Å². The maximum absolute atomic E-state index is 12.5. The van der Waals surface area contributed by atoms with Crippen LogP contribution in [0.4, 0.5) is 11.4 Å². The van der Waals surface area contributed by atoms with Crippen molar-refractivity contribution >= 4 is 17.3 Å². The molecule has 2 N–H and O–H groups in total. The lowest BCUT2D eigenvalue weighted by atomic mass is 9.94. The molecule has 0 unspecified atom stereocenters. The van der Waals surface area contributed by atoms with Crippen molar-refractivity contribution in [2.45, 2.75) is 57.4 Å². The van der Waals surface area contributed by atoms with Crippen molar-refractivity contribution in [3.05, 3.63) is 24.3 Å². The lowest BCUT2D eigenvalue weighted by Crippen LogP contribution is -2.43. The molecule has 1 heterocycles. The number of aliphatic hydroxyl groups excluding tert-OH is 1. The SMILES string of the molecule is O=C(CN(CCO)C1CCCCC1)Nc1ccc(N2CCCCC2)cc1. The lowest BCUT2D eigenvalue weighted by molar-refractivity contribution is -0.118. The molecule has 0 spiro atoms. The zero-order valence-electron chi connectivity index (χ0n) is 15.8. The molecule has 0 radical (unpaired) electrons. The summed E-state index contributed by atoms with van der Waals surface area (Å²) < 4.78 is 0. The molecule has 0 atom stereocenters. The molecule has 5 nitrogen and oxygen atoms in total. The van der Waals surface area contributed by atoms with Gasteiger partial charge in [-0.1, -0.05) is 19.3 Å². The predicted molar refractivity (Wildman–Crippen MR) is 107 cm³/mol. The number of nitrogens with one attached hydrogen (secondary N) is 1. The summed E-state index contributed by atoms with van der Waals surface area (Å²) in [5, 5.41) is 12.4. The van der Waals surface area contributed by atoms with Gasteiger partial charge in [0.1, 0.15) is 0 Å². The predicted octanol–water partition coefficient (Wildman–Crippen LogP) is 3.24. The molecule has 2 fully saturated rings. The Bertz CT molecular complexity index is 549. The third-order valence-electron chi connectivity index (χ3n) is 5.70. The van der Waals surface area contributed by atoms with Crippen LogP contribution in [0.3, 0.4) is 0 Å². The van der Waals surface area contributed by atoms with Gasteiger partial charge in [0.25, 0.3) is 0 Å². The molecule has 1 aromatic rings. The summed E-state index contributed by atoms with van der Waals surface area (Å²) in [7, 11) is 0. The van der Waals surface area contributed by atoms with Crippen molar-refractivity contribution in [1.82, 2.24) is 4.90 Å². The fourth-order valence-electron chi connectivity index (χ4n) is 4.26. The maximum Gasteiger partial charge on any atom is 0.238 e. The van der Waals surface area contributed by atoms with Gasteiger partial charge in [-0.05, 0) is 56.4 Å². The van der Waals surface area contributed by atoms with E-state index in [0.29, 0.717) is 19.1 Å². The van der Waals surface area contributed by atoms with Crippen molar-refractivity contribution in [1.29, 1.82) is 0 Å². The third kappa shape index (κ3) is 5.45. The summed E-state index contributed by atoms with van der Waals surface area (Å²) >= 11 is 0. The second-order valence-corrected chi connectivity index (χ2v) is 7.63. The van der Waals surface area contributed by atoms with E-state index in [1.54, 1.807) is 0 Å². The van der Waals surface area contributed by atoms with Crippen molar-refractivity contribution in [2.75, 3.05) is 43.0 Å². The number of aliphatic hydroxyl groups is 1. The lowest BCUT2D eigenvalue weighted by Gasteiger charge is -2.33. The van der Waals surface area contributed by atoms with E-state index in [-0.39, 0.29) is 12.5 Å². The molecule has 2 aliphatic rings. The van der Waals surface area contributed by atoms with Crippen LogP contribution in [0.5, 0.6) is 0 Å². The molecule has 3 rings (SSSR count). The average molecular weight is 360 g/mol. The number of benzene rings is 1. The Balaban J connectivity index is 1.52. The Morgan fingerprint density at radius 2 is 1.69 bits per heavy atom. The van der Waals surface area contributed by atoms with Gasteiger partial charge < -0.3 is 15.3 Å². The first kappa shape index (κ1) is 19.2. The van der Waals surface area contributed by atoms with Crippen LogP contribution in [0, 0.1) is 0 Å². The number of piperidine rings is 1. The Morgan fingerprint density at radius 3 is 2.35 bits per heavy atom. The summed E-state index contributed by atoms with van der Waals surface area (Å²) in [6, 6.07) is 8.64. The van der Waals surface area contributed by atoms with Crippen molar-refractivity contribution in [3.63, 3.8) is 0 Å². The maximum atomic E-state index is 12.5. The molecule has 1 aliphatic carbocycles. The molecule has 26 heavy (non-hydrogen) atoms. The molecule has 0 aromatic heterocycles. The van der Waals surface area contributed by atoms with Gasteiger partial charge in [0.15, 0.2) is 0 Å². The molecular formula is C21H33N3O2. The quantitative estimate of drug-likeness (QED) is 0.785. The van der Waals surface area contributed by atoms with Gasteiger partial charge in [-0.3, -0.25) is 9.69 Å². The second-order valence-electron chi connectivity index (χ2n) is 7.63. The molecule has 5 heteroatoms. The van der Waals surface area contributed by atoms with E-state index in [1.165, 1.54) is 44.2 Å². The van der Waals surface area contributed by atoms with Crippen LogP contribution in [-0.4, -0.2) is 54.7 Å². The normalized spacial score (nSPS) is 18.9. The Morgan fingerprint density at radius 1 is 1.04 bits per heavy atom. The van der Waals surface area contributed by atoms with Crippen LogP contribution in [0.15, 0.2) is 24.3 Å². The molecule has 1 amide bonds. The number of carbonyl (C=O) groups is 1. The van der Waals surface area contributed by atoms with Crippen LogP contribution < -0.4 is 10.2 Å². The Labute approximate surface area is 157 Å². The van der Waals surface area contributed by atoms with Gasteiger partial charge in [-0.2, -0.15) is 0 Å². The highest BCUT2D eigenvalue weighted by Crippen LogP contribution is 2.23. The fraction of sp³-hybridized carbons (Fsp3) is 0.667. The summed E-state index contributed by atoms with van der Waals surface area (Å²) in [4.78, 5) is 17.0. The van der Waals surface area contributed by atoms with E-state index in [9.17, 15) is 9.90 Å². The topological polar surface area (TPSA) is 55.8 Å². The summed E-state index contributed by atoms with van der Waals surface area (Å²) in [6.07, 6.45) is 9.88. The number of anilines is 2. The highest BCUT2D eigenvalue weighted by atomic mass is 16.3. The van der Waals surface area contributed by atoms with Gasteiger partial charge in [-0.15, -0.1) is 0 Å². The van der Waals surface area contributed by atoms with Crippen molar-refractivity contribution in [3.8, 4) is 0 Å². The standard InChI is InChI=1S/C21H33N3O2/c25-16-15-24(19-7-3-1-4-8-19)17-21(26)22-18-9-11-20(12-10-18)23-13-5-2-6-14-23/h9-12,19,25H,1-8,13-17H2,(H,22,26). The third-order valence-corrected chi connectivity index (χ3v) is 5.70. The highest BCUT2D eigenvalue weighted by molar-refractivity contribution is 5.92. The first-order valence-electron chi connectivity index (χ1n) is 10.3. The highest BCUT2D eigenvalue weighted by Gasteiger charge is 2.22. The molecule has 1 aliphatic heterocycles. The van der Waals surface area contributed by atoms with E-state index in [4.69, 9.17) is 0 Å². The zero-order chi connectivity index (χ0) is 18.2. The van der Waals surface area contributed by atoms with Crippen LogP contribution in [0.25, 0.3) is 0 Å². The fourth-order valence-corrected chi connectivity index (χ4v) is 4.26. The number of rotatable bonds is 7. The van der Waals surface area contributed by atoms with Crippen LogP contribution >= 0.6 is 0 Å². The molecule has 144 valence electrons. The minimum atomic E-state index is 0.00902. The minimum Gasteiger partial charge on any atom is -0.395 e. The molecule has 1 saturated heterocycles. The van der Waals surface area contributed by atoms with E-state index in [0.717, 1.165) is 31.6 Å². The summed E-state index contributed by atoms with van der Waals surface area (Å²) in [5.74, 6) is 0.00902. The Hall–Kier alpha value is -1.59. The first-order valence-corrected chi connectivity index (χ1v) is 10.3. The average Bonchev–Trinajstić information content (AvgIpc) is 2.69. The Kier molecular flexibility index (Phi) is 7.32. The smallest absolute Gasteiger partial charge is 0.238 e. The van der Waals surface area contributed by atoms with Gasteiger partial charge in [0, 0.05) is 37.1 Å². The van der Waals surface area contributed by atoms with Crippen LogP contribution in [0.2, 0.25) is 0 Å². The van der Waals surface area contributed by atoms with Gasteiger partial charge in [-0.25, -0.2) is 0 Å². The van der Waals surface area contributed by atoms with Crippen LogP contribution in [-0.2, 0) is 4.79 Å². The largest absolute Gasteiger partial charge is 0.395 e. The van der Waals surface area contributed by atoms with Crippen molar-refractivity contribution in [2.24, 2.45) is 0 Å². The van der Waals surface area contributed by atoms with Crippen molar-refractivity contribution < 1.29 is 9.90 Å².